The van der Waals surface area contributed by atoms with Gasteiger partial charge >= 0.3 is 0 Å². The summed E-state index contributed by atoms with van der Waals surface area (Å²) >= 11 is 5.85. The van der Waals surface area contributed by atoms with Gasteiger partial charge in [-0.3, -0.25) is 4.98 Å². The average molecular weight is 663 g/mol. The maximum atomic E-state index is 5.85. The predicted molar refractivity (Wildman–Crippen MR) is 208 cm³/mol. The van der Waals surface area contributed by atoms with E-state index in [1.165, 1.54) is 37.4 Å². The Labute approximate surface area is 284 Å². The molecule has 2 nitrogen and oxygen atoms in total. The quantitative estimate of drug-likeness (QED) is 0.136. The van der Waals surface area contributed by atoms with E-state index in [-0.39, 0.29) is 0 Å². The first kappa shape index (κ1) is 32.2. The second-order valence-corrected chi connectivity index (χ2v) is 14.4. The van der Waals surface area contributed by atoms with Crippen LogP contribution in [0.4, 0.5) is 0 Å². The lowest BCUT2D eigenvalue weighted by molar-refractivity contribution is 1.36. The van der Waals surface area contributed by atoms with Crippen molar-refractivity contribution in [3.8, 4) is 0 Å². The molecule has 0 N–H and O–H groups in total. The lowest BCUT2D eigenvalue weighted by Gasteiger charge is -2.19. The van der Waals surface area contributed by atoms with Gasteiger partial charge in [-0.2, -0.15) is 0 Å². The van der Waals surface area contributed by atoms with Crippen LogP contribution in [0.3, 0.4) is 0 Å². The molecule has 0 saturated heterocycles. The first-order valence-corrected chi connectivity index (χ1v) is 18.1. The molecule has 8 rings (SSSR count). The molecule has 0 amide bonds. The molecule has 5 heteroatoms. The van der Waals surface area contributed by atoms with E-state index < -0.39 is 7.92 Å². The first-order valence-electron chi connectivity index (χ1n) is 15.4. The van der Waals surface area contributed by atoms with Crippen LogP contribution in [0.1, 0.15) is 0 Å². The SMILES string of the molecule is Clc1nccc2ccccc12.c1ccc(P(c2ccccc2)c2nccc3ccccc23)cc1.c1ccc(Pc2ccccc2)cc1. The van der Waals surface area contributed by atoms with Crippen LogP contribution in [0.5, 0.6) is 0 Å². The van der Waals surface area contributed by atoms with Crippen LogP contribution in [0.2, 0.25) is 5.15 Å². The van der Waals surface area contributed by atoms with Gasteiger partial charge in [0.1, 0.15) is 5.15 Å². The van der Waals surface area contributed by atoms with Crippen molar-refractivity contribution in [2.45, 2.75) is 0 Å². The molecule has 228 valence electrons. The lowest BCUT2D eigenvalue weighted by Crippen LogP contribution is -2.23. The molecule has 0 aliphatic heterocycles. The maximum Gasteiger partial charge on any atom is 0.136 e. The van der Waals surface area contributed by atoms with Gasteiger partial charge in [0, 0.05) is 31.1 Å². The molecule has 6 aromatic carbocycles. The third kappa shape index (κ3) is 8.76. The van der Waals surface area contributed by atoms with Crippen LogP contribution in [0, 0.1) is 0 Å². The van der Waals surface area contributed by atoms with E-state index in [1.54, 1.807) is 6.20 Å². The molecule has 0 radical (unpaired) electrons. The van der Waals surface area contributed by atoms with Crippen molar-refractivity contribution in [2.75, 3.05) is 0 Å². The van der Waals surface area contributed by atoms with Crippen molar-refractivity contribution in [3.63, 3.8) is 0 Å². The number of hydrogen-bond acceptors (Lipinski definition) is 2. The van der Waals surface area contributed by atoms with Gasteiger partial charge in [-0.15, -0.1) is 0 Å². The summed E-state index contributed by atoms with van der Waals surface area (Å²) in [5, 5.41) is 10.7. The summed E-state index contributed by atoms with van der Waals surface area (Å²) < 4.78 is 0. The van der Waals surface area contributed by atoms with E-state index >= 15 is 0 Å². The number of pyridine rings is 2. The zero-order chi connectivity index (χ0) is 32.1. The maximum absolute atomic E-state index is 5.85. The smallest absolute Gasteiger partial charge is 0.136 e. The second-order valence-electron chi connectivity index (χ2n) is 10.5. The van der Waals surface area contributed by atoms with E-state index in [9.17, 15) is 0 Å². The highest BCUT2D eigenvalue weighted by molar-refractivity contribution is 7.80. The molecule has 47 heavy (non-hydrogen) atoms. The second kappa shape index (κ2) is 16.7. The fourth-order valence-corrected chi connectivity index (χ4v) is 8.76. The highest BCUT2D eigenvalue weighted by Gasteiger charge is 2.19. The zero-order valence-electron chi connectivity index (χ0n) is 25.7. The average Bonchev–Trinajstić information content (AvgIpc) is 3.14. The van der Waals surface area contributed by atoms with E-state index in [1.807, 2.05) is 36.5 Å². The normalized spacial score (nSPS) is 10.5. The van der Waals surface area contributed by atoms with Gasteiger partial charge in [0.25, 0.3) is 0 Å². The Kier molecular flexibility index (Phi) is 11.5. The number of fused-ring (bicyclic) bond motifs is 2. The molecule has 0 bridgehead atoms. The highest BCUT2D eigenvalue weighted by Crippen LogP contribution is 2.34. The first-order chi connectivity index (χ1) is 23.3. The molecular formula is C42H33ClN2P2. The van der Waals surface area contributed by atoms with Crippen LogP contribution >= 0.6 is 28.1 Å². The predicted octanol–water partition coefficient (Wildman–Crippen LogP) is 9.20. The number of rotatable bonds is 5. The van der Waals surface area contributed by atoms with E-state index in [0.29, 0.717) is 5.15 Å². The Balaban J connectivity index is 0.000000136. The Bertz CT molecular complexity index is 2040. The summed E-state index contributed by atoms with van der Waals surface area (Å²) in [6.45, 7) is 0. The molecule has 0 fully saturated rings. The molecular weight excluding hydrogens is 630 g/mol. The van der Waals surface area contributed by atoms with Gasteiger partial charge in [0.2, 0.25) is 0 Å². The van der Waals surface area contributed by atoms with Gasteiger partial charge in [-0.25, -0.2) is 4.98 Å². The molecule has 0 aliphatic carbocycles. The molecule has 2 aromatic heterocycles. The molecule has 8 aromatic rings. The van der Waals surface area contributed by atoms with Crippen LogP contribution in [0.15, 0.2) is 194 Å². The number of nitrogens with zero attached hydrogens (tertiary/aromatic N) is 2. The van der Waals surface area contributed by atoms with Crippen LogP contribution in [0.25, 0.3) is 21.5 Å². The standard InChI is InChI=1S/C21H16NP.C12H11P.C9H6ClN/c1-3-10-18(11-4-1)23(19-12-5-2-6-13-19)21-20-14-8-7-9-17(20)15-16-22-21;1-3-7-11(8-4-1)13-12-9-5-2-6-10-12;10-9-8-4-2-1-3-7(8)5-6-11-9/h1-16H;1-10,13H;1-6H. The van der Waals surface area contributed by atoms with Crippen molar-refractivity contribution in [1.82, 2.24) is 9.97 Å². The van der Waals surface area contributed by atoms with Gasteiger partial charge in [0.15, 0.2) is 0 Å². The van der Waals surface area contributed by atoms with Gasteiger partial charge in [-0.1, -0.05) is 190 Å². The summed E-state index contributed by atoms with van der Waals surface area (Å²) in [7, 11) is 0.120. The minimum atomic E-state index is -0.657. The van der Waals surface area contributed by atoms with E-state index in [0.717, 1.165) is 19.4 Å². The summed E-state index contributed by atoms with van der Waals surface area (Å²) in [5.74, 6) is 0. The lowest BCUT2D eigenvalue weighted by atomic mass is 10.2. The number of benzene rings is 6. The van der Waals surface area contributed by atoms with Crippen molar-refractivity contribution in [3.05, 3.63) is 200 Å². The molecule has 0 saturated carbocycles. The number of halogens is 1. The van der Waals surface area contributed by atoms with Gasteiger partial charge in [-0.05, 0) is 44.1 Å². The molecule has 0 spiro atoms. The minimum absolute atomic E-state index is 0.572. The molecule has 2 heterocycles. The van der Waals surface area contributed by atoms with E-state index in [4.69, 9.17) is 16.6 Å². The minimum Gasteiger partial charge on any atom is -0.255 e. The highest BCUT2D eigenvalue weighted by atomic mass is 35.5. The summed E-state index contributed by atoms with van der Waals surface area (Å²) in [5.41, 5.74) is 1.18. The van der Waals surface area contributed by atoms with Gasteiger partial charge in [0.05, 0.1) is 5.44 Å². The summed E-state index contributed by atoms with van der Waals surface area (Å²) in [6, 6.07) is 63.0. The zero-order valence-corrected chi connectivity index (χ0v) is 28.3. The Morgan fingerprint density at radius 3 is 1.32 bits per heavy atom. The Hall–Kier alpha value is -4.71. The van der Waals surface area contributed by atoms with Crippen molar-refractivity contribution >= 4 is 76.3 Å². The fraction of sp³-hybridized carbons (Fsp3) is 0. The molecule has 0 aliphatic rings. The Morgan fingerprint density at radius 1 is 0.404 bits per heavy atom. The summed E-state index contributed by atoms with van der Waals surface area (Å²) in [4.78, 5) is 8.76. The number of hydrogen-bond donors (Lipinski definition) is 0. The van der Waals surface area contributed by atoms with Crippen LogP contribution < -0.4 is 26.7 Å². The monoisotopic (exact) mass is 662 g/mol. The van der Waals surface area contributed by atoms with Crippen molar-refractivity contribution in [2.24, 2.45) is 0 Å². The van der Waals surface area contributed by atoms with Crippen molar-refractivity contribution < 1.29 is 0 Å². The third-order valence-electron chi connectivity index (χ3n) is 7.35. The molecule has 0 unspecified atom stereocenters. The van der Waals surface area contributed by atoms with Gasteiger partial charge < -0.3 is 0 Å². The Morgan fingerprint density at radius 2 is 0.809 bits per heavy atom. The summed E-state index contributed by atoms with van der Waals surface area (Å²) in [6.07, 6.45) is 3.64. The van der Waals surface area contributed by atoms with Crippen molar-refractivity contribution in [1.29, 1.82) is 0 Å². The topological polar surface area (TPSA) is 25.8 Å². The number of aromatic nitrogens is 2. The van der Waals surface area contributed by atoms with E-state index in [2.05, 4.69) is 157 Å². The van der Waals surface area contributed by atoms with Crippen LogP contribution in [-0.4, -0.2) is 9.97 Å². The molecule has 0 atom stereocenters. The fourth-order valence-electron chi connectivity index (χ4n) is 5.12. The largest absolute Gasteiger partial charge is 0.255 e. The van der Waals surface area contributed by atoms with Crippen LogP contribution in [-0.2, 0) is 0 Å². The third-order valence-corrected chi connectivity index (χ3v) is 11.3.